The molecule has 0 saturated carbocycles. The summed E-state index contributed by atoms with van der Waals surface area (Å²) >= 11 is 0. The predicted octanol–water partition coefficient (Wildman–Crippen LogP) is 1.02. The Bertz CT molecular complexity index is 630. The molecule has 0 radical (unpaired) electrons. The molecule has 2 aromatic rings. The Hall–Kier alpha value is -2.34. The van der Waals surface area contributed by atoms with Gasteiger partial charge in [0.2, 0.25) is 5.91 Å². The smallest absolute Gasteiger partial charge is 0.239 e. The van der Waals surface area contributed by atoms with Crippen molar-refractivity contribution in [1.29, 1.82) is 0 Å². The highest BCUT2D eigenvalue weighted by Crippen LogP contribution is 2.30. The van der Waals surface area contributed by atoms with Gasteiger partial charge in [-0.3, -0.25) is 9.78 Å². The molecular formula is C15H20N4O2. The van der Waals surface area contributed by atoms with Crippen LogP contribution in [-0.2, 0) is 9.53 Å². The number of nitrogen functional groups attached to an aromatic ring is 1. The number of nitrogens with two attached hydrogens (primary N) is 1. The van der Waals surface area contributed by atoms with E-state index in [0.717, 1.165) is 16.5 Å². The number of hydrogen-bond acceptors (Lipinski definition) is 5. The lowest BCUT2D eigenvalue weighted by atomic mass is 10.1. The molecule has 21 heavy (non-hydrogen) atoms. The van der Waals surface area contributed by atoms with E-state index in [0.29, 0.717) is 18.8 Å². The SMILES string of the molecule is COCCNC(=O)CN(C)c1ccc2cnccc2c1N. The number of nitrogens with zero attached hydrogens (tertiary/aromatic N) is 2. The molecule has 0 spiro atoms. The Morgan fingerprint density at radius 3 is 3.00 bits per heavy atom. The number of anilines is 2. The number of pyridine rings is 1. The van der Waals surface area contributed by atoms with Crippen molar-refractivity contribution in [2.75, 3.05) is 44.5 Å². The molecule has 1 heterocycles. The van der Waals surface area contributed by atoms with E-state index in [2.05, 4.69) is 10.3 Å². The first-order chi connectivity index (χ1) is 10.1. The van der Waals surface area contributed by atoms with Crippen LogP contribution < -0.4 is 16.0 Å². The van der Waals surface area contributed by atoms with Crippen LogP contribution in [0.15, 0.2) is 30.6 Å². The summed E-state index contributed by atoms with van der Waals surface area (Å²) in [6.07, 6.45) is 3.48. The number of ether oxygens (including phenoxy) is 1. The third kappa shape index (κ3) is 3.61. The lowest BCUT2D eigenvalue weighted by Crippen LogP contribution is -2.36. The summed E-state index contributed by atoms with van der Waals surface area (Å²) in [6, 6.07) is 5.73. The van der Waals surface area contributed by atoms with E-state index in [-0.39, 0.29) is 12.5 Å². The summed E-state index contributed by atoms with van der Waals surface area (Å²) in [5, 5.41) is 4.71. The van der Waals surface area contributed by atoms with Gasteiger partial charge in [-0.15, -0.1) is 0 Å². The molecule has 0 aliphatic heterocycles. The van der Waals surface area contributed by atoms with E-state index in [4.69, 9.17) is 10.5 Å². The third-order valence-corrected chi connectivity index (χ3v) is 3.26. The van der Waals surface area contributed by atoms with Crippen LogP contribution in [0.4, 0.5) is 11.4 Å². The topological polar surface area (TPSA) is 80.5 Å². The van der Waals surface area contributed by atoms with Crippen LogP contribution in [0, 0.1) is 0 Å². The minimum atomic E-state index is -0.0659. The average molecular weight is 288 g/mol. The highest BCUT2D eigenvalue weighted by atomic mass is 16.5. The summed E-state index contributed by atoms with van der Waals surface area (Å²) in [5.74, 6) is -0.0659. The molecular weight excluding hydrogens is 268 g/mol. The van der Waals surface area contributed by atoms with Gasteiger partial charge in [-0.2, -0.15) is 0 Å². The third-order valence-electron chi connectivity index (χ3n) is 3.26. The molecule has 1 aromatic heterocycles. The molecule has 1 amide bonds. The second-order valence-electron chi connectivity index (χ2n) is 4.79. The molecule has 0 aliphatic carbocycles. The quantitative estimate of drug-likeness (QED) is 0.612. The number of amides is 1. The Balaban J connectivity index is 2.10. The van der Waals surface area contributed by atoms with Crippen LogP contribution in [0.1, 0.15) is 0 Å². The highest BCUT2D eigenvalue weighted by molar-refractivity contribution is 5.99. The van der Waals surface area contributed by atoms with Crippen LogP contribution in [0.5, 0.6) is 0 Å². The normalized spacial score (nSPS) is 10.6. The lowest BCUT2D eigenvalue weighted by Gasteiger charge is -2.21. The van der Waals surface area contributed by atoms with Crippen molar-refractivity contribution in [2.45, 2.75) is 0 Å². The Morgan fingerprint density at radius 1 is 1.43 bits per heavy atom. The minimum Gasteiger partial charge on any atom is -0.397 e. The number of hydrogen-bond donors (Lipinski definition) is 2. The number of methoxy groups -OCH3 is 1. The van der Waals surface area contributed by atoms with E-state index in [1.54, 1.807) is 19.5 Å². The molecule has 112 valence electrons. The molecule has 0 atom stereocenters. The first-order valence-corrected chi connectivity index (χ1v) is 6.72. The van der Waals surface area contributed by atoms with Crippen LogP contribution in [0.3, 0.4) is 0 Å². The maximum Gasteiger partial charge on any atom is 0.239 e. The van der Waals surface area contributed by atoms with Crippen LogP contribution in [0.25, 0.3) is 10.8 Å². The molecule has 0 unspecified atom stereocenters. The fourth-order valence-electron chi connectivity index (χ4n) is 2.16. The molecule has 0 aliphatic rings. The van der Waals surface area contributed by atoms with Crippen molar-refractivity contribution in [3.63, 3.8) is 0 Å². The fourth-order valence-corrected chi connectivity index (χ4v) is 2.16. The Kier molecular flexibility index (Phi) is 4.94. The first kappa shape index (κ1) is 15.1. The molecule has 6 nitrogen and oxygen atoms in total. The predicted molar refractivity (Wildman–Crippen MR) is 84.3 cm³/mol. The lowest BCUT2D eigenvalue weighted by molar-refractivity contribution is -0.119. The summed E-state index contributed by atoms with van der Waals surface area (Å²) in [4.78, 5) is 17.7. The van der Waals surface area contributed by atoms with E-state index < -0.39 is 0 Å². The number of fused-ring (bicyclic) bond motifs is 1. The van der Waals surface area contributed by atoms with Crippen LogP contribution in [-0.4, -0.2) is 44.7 Å². The second-order valence-corrected chi connectivity index (χ2v) is 4.79. The Labute approximate surface area is 123 Å². The number of benzene rings is 1. The molecule has 0 bridgehead atoms. The van der Waals surface area contributed by atoms with Crippen LogP contribution in [0.2, 0.25) is 0 Å². The number of carbonyl (C=O) groups excluding carboxylic acids is 1. The summed E-state index contributed by atoms with van der Waals surface area (Å²) in [5.41, 5.74) is 7.68. The molecule has 2 rings (SSSR count). The van der Waals surface area contributed by atoms with Crippen molar-refractivity contribution >= 4 is 28.1 Å². The number of likely N-dealkylation sites (N-methyl/N-ethyl adjacent to an activating group) is 1. The van der Waals surface area contributed by atoms with Gasteiger partial charge >= 0.3 is 0 Å². The molecule has 6 heteroatoms. The van der Waals surface area contributed by atoms with Gasteiger partial charge in [-0.25, -0.2) is 0 Å². The summed E-state index contributed by atoms with van der Waals surface area (Å²) < 4.78 is 4.89. The molecule has 1 aromatic carbocycles. The van der Waals surface area contributed by atoms with Gasteiger partial charge in [0.05, 0.1) is 24.5 Å². The maximum absolute atomic E-state index is 11.8. The van der Waals surface area contributed by atoms with Gasteiger partial charge in [-0.05, 0) is 12.1 Å². The van der Waals surface area contributed by atoms with Crippen molar-refractivity contribution < 1.29 is 9.53 Å². The zero-order valence-electron chi connectivity index (χ0n) is 12.3. The second kappa shape index (κ2) is 6.90. The van der Waals surface area contributed by atoms with Gasteiger partial charge in [-0.1, -0.05) is 6.07 Å². The van der Waals surface area contributed by atoms with Gasteiger partial charge in [0, 0.05) is 43.9 Å². The number of nitrogens with one attached hydrogen (secondary N) is 1. The fraction of sp³-hybridized carbons (Fsp3) is 0.333. The number of carbonyl (C=O) groups is 1. The first-order valence-electron chi connectivity index (χ1n) is 6.72. The molecule has 0 fully saturated rings. The van der Waals surface area contributed by atoms with Gasteiger partial charge in [0.25, 0.3) is 0 Å². The monoisotopic (exact) mass is 288 g/mol. The summed E-state index contributed by atoms with van der Waals surface area (Å²) in [7, 11) is 3.44. The van der Waals surface area contributed by atoms with E-state index in [1.807, 2.05) is 30.1 Å². The standard InChI is InChI=1S/C15H20N4O2/c1-19(10-14(20)18-7-8-21-2)13-4-3-11-9-17-6-5-12(11)15(13)16/h3-6,9H,7-8,10,16H2,1-2H3,(H,18,20). The van der Waals surface area contributed by atoms with E-state index in [1.165, 1.54) is 0 Å². The van der Waals surface area contributed by atoms with Gasteiger partial charge in [0.1, 0.15) is 0 Å². The van der Waals surface area contributed by atoms with Gasteiger partial charge in [0.15, 0.2) is 0 Å². The summed E-state index contributed by atoms with van der Waals surface area (Å²) in [6.45, 7) is 1.24. The van der Waals surface area contributed by atoms with Crippen molar-refractivity contribution in [3.8, 4) is 0 Å². The molecule has 3 N–H and O–H groups in total. The van der Waals surface area contributed by atoms with Crippen LogP contribution >= 0.6 is 0 Å². The van der Waals surface area contributed by atoms with Gasteiger partial charge < -0.3 is 20.7 Å². The largest absolute Gasteiger partial charge is 0.397 e. The molecule has 0 saturated heterocycles. The average Bonchev–Trinajstić information content (AvgIpc) is 2.48. The van der Waals surface area contributed by atoms with Crippen molar-refractivity contribution in [3.05, 3.63) is 30.6 Å². The zero-order chi connectivity index (χ0) is 15.2. The number of rotatable bonds is 6. The van der Waals surface area contributed by atoms with E-state index in [9.17, 15) is 4.79 Å². The highest BCUT2D eigenvalue weighted by Gasteiger charge is 2.11. The maximum atomic E-state index is 11.8. The van der Waals surface area contributed by atoms with Crippen molar-refractivity contribution in [1.82, 2.24) is 10.3 Å². The van der Waals surface area contributed by atoms with Crippen molar-refractivity contribution in [2.24, 2.45) is 0 Å². The number of aromatic nitrogens is 1. The minimum absolute atomic E-state index is 0.0659. The van der Waals surface area contributed by atoms with E-state index >= 15 is 0 Å². The zero-order valence-corrected chi connectivity index (χ0v) is 12.3. The Morgan fingerprint density at radius 2 is 2.24 bits per heavy atom.